The number of nitrogens with zero attached hydrogens (tertiary/aromatic N) is 1. The van der Waals surface area contributed by atoms with Gasteiger partial charge in [-0.15, -0.1) is 11.3 Å². The summed E-state index contributed by atoms with van der Waals surface area (Å²) in [5.74, 6) is -0.240. The molecular weight excluding hydrogens is 332 g/mol. The van der Waals surface area contributed by atoms with Gasteiger partial charge in [-0.1, -0.05) is 12.1 Å². The van der Waals surface area contributed by atoms with Crippen molar-refractivity contribution in [2.24, 2.45) is 0 Å². The van der Waals surface area contributed by atoms with E-state index in [1.165, 1.54) is 17.6 Å². The summed E-state index contributed by atoms with van der Waals surface area (Å²) in [5, 5.41) is 3.47. The first kappa shape index (κ1) is 16.1. The van der Waals surface area contributed by atoms with Crippen molar-refractivity contribution in [3.8, 4) is 0 Å². The van der Waals surface area contributed by atoms with Crippen LogP contribution in [-0.2, 0) is 28.4 Å². The van der Waals surface area contributed by atoms with Gasteiger partial charge in [-0.3, -0.25) is 10.1 Å². The maximum atomic E-state index is 12.3. The Morgan fingerprint density at radius 3 is 2.57 bits per heavy atom. The van der Waals surface area contributed by atoms with Crippen LogP contribution in [0.4, 0.5) is 5.13 Å². The molecule has 0 aliphatic heterocycles. The highest BCUT2D eigenvalue weighted by Gasteiger charge is 2.17. The van der Waals surface area contributed by atoms with Crippen LogP contribution in [-0.4, -0.2) is 25.6 Å². The molecule has 1 aliphatic carbocycles. The Morgan fingerprint density at radius 2 is 1.91 bits per heavy atom. The molecule has 0 bridgehead atoms. The molecule has 1 aromatic heterocycles. The molecular formula is C16H18N2O3S2. The third kappa shape index (κ3) is 4.17. The number of nitrogens with one attached hydrogen (secondary N) is 1. The van der Waals surface area contributed by atoms with Crippen LogP contribution in [0.25, 0.3) is 0 Å². The van der Waals surface area contributed by atoms with E-state index < -0.39 is 9.84 Å². The minimum Gasteiger partial charge on any atom is -0.298 e. The molecule has 0 radical (unpaired) electrons. The lowest BCUT2D eigenvalue weighted by molar-refractivity contribution is 0.102. The number of benzene rings is 1. The van der Waals surface area contributed by atoms with Gasteiger partial charge in [0.1, 0.15) is 0 Å². The second-order valence-electron chi connectivity index (χ2n) is 5.82. The number of amides is 1. The second kappa shape index (κ2) is 6.41. The molecule has 3 rings (SSSR count). The monoisotopic (exact) mass is 350 g/mol. The second-order valence-corrected chi connectivity index (χ2v) is 9.04. The summed E-state index contributed by atoms with van der Waals surface area (Å²) in [6.07, 6.45) is 5.57. The molecule has 2 aromatic rings. The van der Waals surface area contributed by atoms with Gasteiger partial charge in [0.15, 0.2) is 15.0 Å². The highest BCUT2D eigenvalue weighted by molar-refractivity contribution is 7.89. The molecule has 1 heterocycles. The van der Waals surface area contributed by atoms with Crippen molar-refractivity contribution >= 4 is 32.2 Å². The quantitative estimate of drug-likeness (QED) is 0.920. The average molecular weight is 350 g/mol. The number of thiazole rings is 1. The van der Waals surface area contributed by atoms with E-state index in [2.05, 4.69) is 10.3 Å². The average Bonchev–Trinajstić information content (AvgIpc) is 2.88. The minimum atomic E-state index is -3.07. The van der Waals surface area contributed by atoms with E-state index >= 15 is 0 Å². The number of anilines is 1. The topological polar surface area (TPSA) is 76.1 Å². The van der Waals surface area contributed by atoms with Crippen molar-refractivity contribution in [1.82, 2.24) is 4.98 Å². The Hall–Kier alpha value is -1.73. The van der Waals surface area contributed by atoms with Gasteiger partial charge in [0, 0.05) is 16.7 Å². The maximum Gasteiger partial charge on any atom is 0.257 e. The van der Waals surface area contributed by atoms with Gasteiger partial charge in [-0.2, -0.15) is 0 Å². The Kier molecular flexibility index (Phi) is 4.50. The number of sulfone groups is 1. The number of hydrogen-bond acceptors (Lipinski definition) is 5. The predicted molar refractivity (Wildman–Crippen MR) is 91.7 cm³/mol. The number of hydrogen-bond donors (Lipinski definition) is 1. The van der Waals surface area contributed by atoms with Crippen molar-refractivity contribution in [3.63, 3.8) is 0 Å². The van der Waals surface area contributed by atoms with Crippen LogP contribution in [0.1, 0.15) is 39.3 Å². The number of aromatic nitrogens is 1. The van der Waals surface area contributed by atoms with Gasteiger partial charge in [-0.05, 0) is 43.4 Å². The maximum absolute atomic E-state index is 12.3. The molecule has 0 saturated heterocycles. The molecule has 1 aromatic carbocycles. The van der Waals surface area contributed by atoms with E-state index in [-0.39, 0.29) is 11.7 Å². The number of carbonyl (C=O) groups excluding carboxylic acids is 1. The van der Waals surface area contributed by atoms with Crippen LogP contribution < -0.4 is 5.32 Å². The van der Waals surface area contributed by atoms with Gasteiger partial charge < -0.3 is 0 Å². The Balaban J connectivity index is 1.69. The predicted octanol–water partition coefficient (Wildman–Crippen LogP) is 2.82. The third-order valence-corrected chi connectivity index (χ3v) is 5.64. The van der Waals surface area contributed by atoms with Gasteiger partial charge in [-0.25, -0.2) is 13.4 Å². The molecule has 0 unspecified atom stereocenters. The van der Waals surface area contributed by atoms with Gasteiger partial charge in [0.25, 0.3) is 5.91 Å². The molecule has 0 spiro atoms. The Morgan fingerprint density at radius 1 is 1.22 bits per heavy atom. The summed E-state index contributed by atoms with van der Waals surface area (Å²) in [5.41, 5.74) is 2.28. The van der Waals surface area contributed by atoms with Crippen molar-refractivity contribution in [2.45, 2.75) is 31.4 Å². The van der Waals surface area contributed by atoms with Gasteiger partial charge in [0.2, 0.25) is 0 Å². The Labute approximate surface area is 139 Å². The molecule has 23 heavy (non-hydrogen) atoms. The molecule has 7 heteroatoms. The fourth-order valence-electron chi connectivity index (χ4n) is 2.63. The molecule has 0 atom stereocenters. The normalized spacial score (nSPS) is 14.3. The summed E-state index contributed by atoms with van der Waals surface area (Å²) in [6, 6.07) is 6.62. The van der Waals surface area contributed by atoms with Gasteiger partial charge in [0.05, 0.1) is 11.4 Å². The summed E-state index contributed by atoms with van der Waals surface area (Å²) in [7, 11) is -3.07. The van der Waals surface area contributed by atoms with Gasteiger partial charge >= 0.3 is 0 Å². The first-order valence-electron chi connectivity index (χ1n) is 7.47. The van der Waals surface area contributed by atoms with Crippen LogP contribution in [0.2, 0.25) is 0 Å². The molecule has 0 saturated carbocycles. The lowest BCUT2D eigenvalue weighted by Gasteiger charge is -2.06. The summed E-state index contributed by atoms with van der Waals surface area (Å²) in [4.78, 5) is 18.0. The highest BCUT2D eigenvalue weighted by Crippen LogP contribution is 2.29. The lowest BCUT2D eigenvalue weighted by Crippen LogP contribution is -2.12. The fourth-order valence-corrected chi connectivity index (χ4v) is 4.47. The zero-order valence-corrected chi connectivity index (χ0v) is 14.5. The number of carbonyl (C=O) groups is 1. The van der Waals surface area contributed by atoms with Crippen LogP contribution in [0.5, 0.6) is 0 Å². The van der Waals surface area contributed by atoms with Crippen LogP contribution in [0.3, 0.4) is 0 Å². The molecule has 0 fully saturated rings. The van der Waals surface area contributed by atoms with Crippen LogP contribution in [0.15, 0.2) is 24.3 Å². The van der Waals surface area contributed by atoms with Crippen LogP contribution in [0, 0.1) is 0 Å². The summed E-state index contributed by atoms with van der Waals surface area (Å²) >= 11 is 1.55. The fraction of sp³-hybridized carbons (Fsp3) is 0.375. The van der Waals surface area contributed by atoms with Crippen molar-refractivity contribution in [3.05, 3.63) is 46.0 Å². The van der Waals surface area contributed by atoms with E-state index in [1.54, 1.807) is 35.6 Å². The van der Waals surface area contributed by atoms with E-state index in [1.807, 2.05) is 0 Å². The molecule has 1 aliphatic rings. The summed E-state index contributed by atoms with van der Waals surface area (Å²) in [6.45, 7) is 0. The largest absolute Gasteiger partial charge is 0.298 e. The smallest absolute Gasteiger partial charge is 0.257 e. The van der Waals surface area contributed by atoms with Crippen molar-refractivity contribution in [2.75, 3.05) is 11.6 Å². The standard InChI is InChI=1S/C16H18N2O3S2/c1-23(20,21)10-11-6-8-12(9-7-11)15(19)18-16-17-13-4-2-3-5-14(13)22-16/h6-9H,2-5,10H2,1H3,(H,17,18,19). The molecule has 122 valence electrons. The van der Waals surface area contributed by atoms with Crippen LogP contribution >= 0.6 is 11.3 Å². The minimum absolute atomic E-state index is 0.0197. The first-order chi connectivity index (χ1) is 10.9. The third-order valence-electron chi connectivity index (χ3n) is 3.71. The van der Waals surface area contributed by atoms with E-state index in [0.717, 1.165) is 25.0 Å². The lowest BCUT2D eigenvalue weighted by atomic mass is 10.0. The van der Waals surface area contributed by atoms with Crippen molar-refractivity contribution < 1.29 is 13.2 Å². The highest BCUT2D eigenvalue weighted by atomic mass is 32.2. The molecule has 5 nitrogen and oxygen atoms in total. The van der Waals surface area contributed by atoms with E-state index in [9.17, 15) is 13.2 Å². The molecule has 1 amide bonds. The Bertz CT molecular complexity index is 800. The van der Waals surface area contributed by atoms with E-state index in [4.69, 9.17) is 0 Å². The number of fused-ring (bicyclic) bond motifs is 1. The number of rotatable bonds is 4. The number of aryl methyl sites for hydroxylation is 2. The zero-order chi connectivity index (χ0) is 16.4. The van der Waals surface area contributed by atoms with Crippen molar-refractivity contribution in [1.29, 1.82) is 0 Å². The SMILES string of the molecule is CS(=O)(=O)Cc1ccc(C(=O)Nc2nc3c(s2)CCCC3)cc1. The zero-order valence-electron chi connectivity index (χ0n) is 12.8. The summed E-state index contributed by atoms with van der Waals surface area (Å²) < 4.78 is 22.5. The molecule has 1 N–H and O–H groups in total. The first-order valence-corrected chi connectivity index (χ1v) is 10.3. The van der Waals surface area contributed by atoms with E-state index in [0.29, 0.717) is 16.3 Å².